The van der Waals surface area contributed by atoms with E-state index in [0.29, 0.717) is 5.92 Å². The van der Waals surface area contributed by atoms with Crippen LogP contribution in [0, 0.1) is 5.92 Å². The van der Waals surface area contributed by atoms with E-state index in [1.165, 1.54) is 50.5 Å². The quantitative estimate of drug-likeness (QED) is 0.419. The summed E-state index contributed by atoms with van der Waals surface area (Å²) in [7, 11) is -1.21. The van der Waals surface area contributed by atoms with E-state index in [-0.39, 0.29) is 5.60 Å². The summed E-state index contributed by atoms with van der Waals surface area (Å²) in [5.74, 6) is 0.632. The zero-order valence-electron chi connectivity index (χ0n) is 17.1. The lowest BCUT2D eigenvalue weighted by Crippen LogP contribution is -2.37. The normalized spacial score (nSPS) is 18.9. The van der Waals surface area contributed by atoms with Crippen molar-refractivity contribution in [3.63, 3.8) is 0 Å². The summed E-state index contributed by atoms with van der Waals surface area (Å²) in [5, 5.41) is 12.6. The summed E-state index contributed by atoms with van der Waals surface area (Å²) in [4.78, 5) is 0. The van der Waals surface area contributed by atoms with Crippen molar-refractivity contribution >= 4 is 13.3 Å². The van der Waals surface area contributed by atoms with Crippen LogP contribution < -0.4 is 5.19 Å². The van der Waals surface area contributed by atoms with Crippen LogP contribution in [0.3, 0.4) is 0 Å². The lowest BCUT2D eigenvalue weighted by atomic mass is 9.76. The van der Waals surface area contributed by atoms with Crippen molar-refractivity contribution in [3.8, 4) is 0 Å². The van der Waals surface area contributed by atoms with Gasteiger partial charge < -0.3 is 5.11 Å². The molecule has 1 aromatic rings. The molecule has 1 atom stereocenters. The van der Waals surface area contributed by atoms with Crippen LogP contribution in [0.15, 0.2) is 24.3 Å². The van der Waals surface area contributed by atoms with E-state index >= 15 is 0 Å². The Kier molecular flexibility index (Phi) is 7.76. The second-order valence-corrected chi connectivity index (χ2v) is 14.6. The molecule has 0 aromatic heterocycles. The van der Waals surface area contributed by atoms with Gasteiger partial charge in [-0.15, -0.1) is 0 Å². The highest BCUT2D eigenvalue weighted by molar-refractivity contribution is 6.88. The average Bonchev–Trinajstić information content (AvgIpc) is 2.55. The van der Waals surface area contributed by atoms with Crippen molar-refractivity contribution in [2.75, 3.05) is 0 Å². The van der Waals surface area contributed by atoms with Crippen LogP contribution >= 0.6 is 0 Å². The first-order chi connectivity index (χ1) is 11.8. The largest absolute Gasteiger partial charge is 0.390 e. The third kappa shape index (κ3) is 6.90. The number of aliphatic hydroxyl groups is 1. The average molecular weight is 361 g/mol. The van der Waals surface area contributed by atoms with Gasteiger partial charge in [0.15, 0.2) is 0 Å². The molecule has 1 saturated carbocycles. The van der Waals surface area contributed by atoms with Crippen LogP contribution in [0.4, 0.5) is 0 Å². The maximum atomic E-state index is 11.0. The zero-order chi connectivity index (χ0) is 18.3. The summed E-state index contributed by atoms with van der Waals surface area (Å²) < 4.78 is 0. The predicted molar refractivity (Wildman–Crippen MR) is 113 cm³/mol. The SMILES string of the molecule is CCCCCC(Cc1ccc([Si](C)(C)C)cc1)CC1(O)CCCCC1. The molecule has 0 radical (unpaired) electrons. The minimum absolute atomic E-state index is 0.382. The molecular weight excluding hydrogens is 320 g/mol. The van der Waals surface area contributed by atoms with Gasteiger partial charge in [-0.25, -0.2) is 0 Å². The smallest absolute Gasteiger partial charge is 0.0775 e. The Bertz CT molecular complexity index is 494. The monoisotopic (exact) mass is 360 g/mol. The van der Waals surface area contributed by atoms with Gasteiger partial charge in [0.1, 0.15) is 0 Å². The van der Waals surface area contributed by atoms with Crippen LogP contribution in [0.2, 0.25) is 19.6 Å². The summed E-state index contributed by atoms with van der Waals surface area (Å²) in [6, 6.07) is 9.43. The van der Waals surface area contributed by atoms with Crippen LogP contribution in [0.25, 0.3) is 0 Å². The van der Waals surface area contributed by atoms with Crippen molar-refractivity contribution in [3.05, 3.63) is 29.8 Å². The Morgan fingerprint density at radius 3 is 2.20 bits per heavy atom. The Labute approximate surface area is 157 Å². The maximum Gasteiger partial charge on any atom is 0.0775 e. The fraction of sp³-hybridized carbons (Fsp3) is 0.739. The fourth-order valence-electron chi connectivity index (χ4n) is 4.38. The molecule has 0 aliphatic heterocycles. The van der Waals surface area contributed by atoms with Gasteiger partial charge in [-0.05, 0) is 37.2 Å². The van der Waals surface area contributed by atoms with E-state index in [0.717, 1.165) is 25.7 Å². The number of unbranched alkanes of at least 4 members (excludes halogenated alkanes) is 2. The fourth-order valence-corrected chi connectivity index (χ4v) is 5.55. The molecule has 0 saturated heterocycles. The molecule has 1 unspecified atom stereocenters. The molecule has 0 spiro atoms. The van der Waals surface area contributed by atoms with Crippen molar-refractivity contribution in [1.29, 1.82) is 0 Å². The molecule has 0 bridgehead atoms. The van der Waals surface area contributed by atoms with E-state index in [1.807, 2.05) is 0 Å². The predicted octanol–water partition coefficient (Wildman–Crippen LogP) is 6.06. The van der Waals surface area contributed by atoms with Crippen LogP contribution in [-0.2, 0) is 6.42 Å². The minimum Gasteiger partial charge on any atom is -0.390 e. The lowest BCUT2D eigenvalue weighted by molar-refractivity contribution is -0.0188. The van der Waals surface area contributed by atoms with E-state index in [1.54, 1.807) is 5.19 Å². The highest BCUT2D eigenvalue weighted by Crippen LogP contribution is 2.35. The van der Waals surface area contributed by atoms with Crippen molar-refractivity contribution in [2.45, 2.75) is 103 Å². The second-order valence-electron chi connectivity index (χ2n) is 9.50. The maximum absolute atomic E-state index is 11.0. The lowest BCUT2D eigenvalue weighted by Gasteiger charge is -2.35. The Morgan fingerprint density at radius 2 is 1.64 bits per heavy atom. The van der Waals surface area contributed by atoms with Gasteiger partial charge in [0.25, 0.3) is 0 Å². The number of benzene rings is 1. The number of hydrogen-bond donors (Lipinski definition) is 1. The van der Waals surface area contributed by atoms with Crippen LogP contribution in [0.1, 0.15) is 76.7 Å². The van der Waals surface area contributed by atoms with Gasteiger partial charge in [-0.2, -0.15) is 0 Å². The molecule has 1 fully saturated rings. The van der Waals surface area contributed by atoms with Crippen molar-refractivity contribution < 1.29 is 5.11 Å². The molecule has 0 heterocycles. The van der Waals surface area contributed by atoms with Gasteiger partial charge in [-0.1, -0.05) is 101 Å². The number of hydrogen-bond acceptors (Lipinski definition) is 1. The van der Waals surface area contributed by atoms with Gasteiger partial charge in [-0.3, -0.25) is 0 Å². The second kappa shape index (κ2) is 9.37. The van der Waals surface area contributed by atoms with E-state index in [2.05, 4.69) is 50.8 Å². The molecule has 2 heteroatoms. The summed E-state index contributed by atoms with van der Waals surface area (Å²) in [6.45, 7) is 9.51. The first kappa shape index (κ1) is 20.7. The third-order valence-electron chi connectivity index (χ3n) is 6.01. The standard InChI is InChI=1S/C23H40OSi/c1-5-6-8-11-21(19-23(24)16-9-7-10-17-23)18-20-12-14-22(15-13-20)25(2,3)4/h12-15,21,24H,5-11,16-19H2,1-4H3. The molecule has 0 amide bonds. The molecule has 1 aliphatic rings. The van der Waals surface area contributed by atoms with Crippen LogP contribution in [0.5, 0.6) is 0 Å². The summed E-state index contributed by atoms with van der Waals surface area (Å²) in [5.41, 5.74) is 1.08. The summed E-state index contributed by atoms with van der Waals surface area (Å²) >= 11 is 0. The van der Waals surface area contributed by atoms with E-state index < -0.39 is 8.07 Å². The molecule has 1 aliphatic carbocycles. The first-order valence-corrected chi connectivity index (χ1v) is 14.1. The number of rotatable bonds is 9. The Hall–Kier alpha value is -0.603. The third-order valence-corrected chi connectivity index (χ3v) is 8.08. The topological polar surface area (TPSA) is 20.2 Å². The van der Waals surface area contributed by atoms with E-state index in [9.17, 15) is 5.11 Å². The molecule has 1 aromatic carbocycles. The Balaban J connectivity index is 2.01. The first-order valence-electron chi connectivity index (χ1n) is 10.6. The molecule has 1 N–H and O–H groups in total. The molecule has 1 nitrogen and oxygen atoms in total. The minimum atomic E-state index is -1.21. The van der Waals surface area contributed by atoms with E-state index in [4.69, 9.17) is 0 Å². The van der Waals surface area contributed by atoms with Gasteiger partial charge in [0.05, 0.1) is 13.7 Å². The zero-order valence-corrected chi connectivity index (χ0v) is 18.1. The molecular formula is C23H40OSi. The van der Waals surface area contributed by atoms with Crippen molar-refractivity contribution in [2.24, 2.45) is 5.92 Å². The van der Waals surface area contributed by atoms with Gasteiger partial charge in [0.2, 0.25) is 0 Å². The molecule has 142 valence electrons. The van der Waals surface area contributed by atoms with Gasteiger partial charge >= 0.3 is 0 Å². The van der Waals surface area contributed by atoms with Crippen molar-refractivity contribution in [1.82, 2.24) is 0 Å². The Morgan fingerprint density at radius 1 is 1.00 bits per heavy atom. The van der Waals surface area contributed by atoms with Crippen LogP contribution in [-0.4, -0.2) is 18.8 Å². The molecule has 2 rings (SSSR count). The molecule has 25 heavy (non-hydrogen) atoms. The highest BCUT2D eigenvalue weighted by atomic mass is 28.3. The summed E-state index contributed by atoms with van der Waals surface area (Å²) in [6.07, 6.45) is 13.1. The van der Waals surface area contributed by atoms with Gasteiger partial charge in [0, 0.05) is 0 Å². The highest BCUT2D eigenvalue weighted by Gasteiger charge is 2.32.